The maximum Gasteiger partial charge on any atom is 0.490 e. The number of carboxylic acids is 1. The van der Waals surface area contributed by atoms with Gasteiger partial charge in [-0.2, -0.15) is 21.9 Å². The number of carboxylic acid groups (broad SMARTS) is 1. The Kier molecular flexibility index (Phi) is 7.31. The Morgan fingerprint density at radius 3 is 2.46 bits per heavy atom. The summed E-state index contributed by atoms with van der Waals surface area (Å²) in [5.41, 5.74) is 3.27. The lowest BCUT2D eigenvalue weighted by Crippen LogP contribution is -2.21. The SMILES string of the molecule is O=C(O)C(F)(F)F.OC(CNCc1ccc2nsnc2c1)c1ccc(F)cn1. The number of fused-ring (bicyclic) bond motifs is 1. The number of aliphatic hydroxyl groups is 1. The van der Waals surface area contributed by atoms with Crippen LogP contribution in [0.15, 0.2) is 36.5 Å². The molecule has 150 valence electrons. The summed E-state index contributed by atoms with van der Waals surface area (Å²) in [4.78, 5) is 12.8. The van der Waals surface area contributed by atoms with E-state index in [0.29, 0.717) is 18.8 Å². The molecule has 3 N–H and O–H groups in total. The summed E-state index contributed by atoms with van der Waals surface area (Å²) in [6.07, 6.45) is -4.75. The van der Waals surface area contributed by atoms with Gasteiger partial charge in [-0.3, -0.25) is 4.98 Å². The van der Waals surface area contributed by atoms with Crippen LogP contribution in [0.1, 0.15) is 17.4 Å². The molecule has 0 amide bonds. The quantitative estimate of drug-likeness (QED) is 0.547. The molecule has 1 unspecified atom stereocenters. The number of aliphatic carboxylic acids is 1. The molecule has 0 bridgehead atoms. The molecule has 2 heterocycles. The molecule has 28 heavy (non-hydrogen) atoms. The molecule has 1 atom stereocenters. The first-order chi connectivity index (χ1) is 13.2. The molecule has 0 spiro atoms. The number of pyridine rings is 1. The molecule has 0 aliphatic rings. The van der Waals surface area contributed by atoms with Gasteiger partial charge in [0.25, 0.3) is 0 Å². The Bertz CT molecular complexity index is 918. The van der Waals surface area contributed by atoms with Gasteiger partial charge in [0.05, 0.1) is 23.6 Å². The van der Waals surface area contributed by atoms with E-state index in [1.54, 1.807) is 0 Å². The Morgan fingerprint density at radius 2 is 1.86 bits per heavy atom. The van der Waals surface area contributed by atoms with Gasteiger partial charge >= 0.3 is 12.1 Å². The summed E-state index contributed by atoms with van der Waals surface area (Å²) < 4.78 is 52.8. The van der Waals surface area contributed by atoms with Crippen molar-refractivity contribution in [1.29, 1.82) is 0 Å². The lowest BCUT2D eigenvalue weighted by Gasteiger charge is -2.11. The molecule has 0 radical (unpaired) electrons. The summed E-state index contributed by atoms with van der Waals surface area (Å²) in [6.45, 7) is 0.942. The summed E-state index contributed by atoms with van der Waals surface area (Å²) in [6, 6.07) is 8.63. The van der Waals surface area contributed by atoms with Crippen molar-refractivity contribution in [2.45, 2.75) is 18.8 Å². The summed E-state index contributed by atoms with van der Waals surface area (Å²) in [5.74, 6) is -3.17. The molecular weight excluding hydrogens is 404 g/mol. The first kappa shape index (κ1) is 21.6. The molecule has 1 aromatic carbocycles. The van der Waals surface area contributed by atoms with E-state index in [1.165, 1.54) is 23.9 Å². The summed E-state index contributed by atoms with van der Waals surface area (Å²) in [5, 5.41) is 20.2. The minimum Gasteiger partial charge on any atom is -0.475 e. The first-order valence-corrected chi connectivity index (χ1v) is 8.41. The predicted molar refractivity (Wildman–Crippen MR) is 92.0 cm³/mol. The maximum absolute atomic E-state index is 12.8. The number of hydrogen-bond donors (Lipinski definition) is 3. The summed E-state index contributed by atoms with van der Waals surface area (Å²) >= 11 is 1.19. The second-order valence-electron chi connectivity index (χ2n) is 5.44. The van der Waals surface area contributed by atoms with E-state index in [9.17, 15) is 22.7 Å². The fourth-order valence-electron chi connectivity index (χ4n) is 1.98. The number of aromatic nitrogens is 3. The van der Waals surface area contributed by atoms with Crippen LogP contribution in [-0.4, -0.2) is 42.6 Å². The van der Waals surface area contributed by atoms with Gasteiger partial charge in [0.15, 0.2) is 0 Å². The molecule has 3 aromatic rings. The van der Waals surface area contributed by atoms with E-state index in [1.807, 2.05) is 18.2 Å². The molecule has 0 saturated carbocycles. The van der Waals surface area contributed by atoms with Crippen molar-refractivity contribution in [3.05, 3.63) is 53.6 Å². The second kappa shape index (κ2) is 9.48. The number of benzene rings is 1. The van der Waals surface area contributed by atoms with Gasteiger partial charge in [-0.25, -0.2) is 9.18 Å². The first-order valence-electron chi connectivity index (χ1n) is 7.68. The van der Waals surface area contributed by atoms with Gasteiger partial charge in [0.2, 0.25) is 0 Å². The number of carbonyl (C=O) groups is 1. The molecular formula is C16H14F4N4O3S. The Hall–Kier alpha value is -2.70. The number of halogens is 4. The monoisotopic (exact) mass is 418 g/mol. The van der Waals surface area contributed by atoms with Crippen LogP contribution in [0, 0.1) is 5.82 Å². The third kappa shape index (κ3) is 6.48. The molecule has 3 rings (SSSR count). The molecule has 0 fully saturated rings. The van der Waals surface area contributed by atoms with Crippen molar-refractivity contribution in [3.63, 3.8) is 0 Å². The number of nitrogens with one attached hydrogen (secondary N) is 1. The highest BCUT2D eigenvalue weighted by Gasteiger charge is 2.38. The Labute approximate surface area is 160 Å². The average Bonchev–Trinajstić information content (AvgIpc) is 3.09. The van der Waals surface area contributed by atoms with Crippen LogP contribution in [0.25, 0.3) is 11.0 Å². The largest absolute Gasteiger partial charge is 0.490 e. The van der Waals surface area contributed by atoms with Crippen LogP contribution in [0.2, 0.25) is 0 Å². The fraction of sp³-hybridized carbons (Fsp3) is 0.250. The van der Waals surface area contributed by atoms with Crippen molar-refractivity contribution in [3.8, 4) is 0 Å². The van der Waals surface area contributed by atoms with Crippen molar-refractivity contribution < 1.29 is 32.6 Å². The molecule has 0 aliphatic carbocycles. The third-order valence-corrected chi connectivity index (χ3v) is 3.88. The normalized spacial score (nSPS) is 12.3. The molecule has 2 aromatic heterocycles. The van der Waals surface area contributed by atoms with E-state index in [4.69, 9.17) is 9.90 Å². The smallest absolute Gasteiger partial charge is 0.475 e. The van der Waals surface area contributed by atoms with Gasteiger partial charge in [0, 0.05) is 13.1 Å². The standard InChI is InChI=1S/C14H13FN4OS.C2HF3O2/c15-10-2-4-12(17-7-10)14(20)8-16-6-9-1-3-11-13(5-9)19-21-18-11;3-2(4,5)1(6)7/h1-5,7,14,16,20H,6,8H2;(H,6,7). The fourth-order valence-corrected chi connectivity index (χ4v) is 2.50. The maximum atomic E-state index is 12.8. The molecule has 0 aliphatic heterocycles. The minimum absolute atomic E-state index is 0.339. The van der Waals surface area contributed by atoms with Crippen LogP contribution in [0.4, 0.5) is 17.6 Å². The zero-order valence-electron chi connectivity index (χ0n) is 14.0. The highest BCUT2D eigenvalue weighted by molar-refractivity contribution is 7.00. The third-order valence-electron chi connectivity index (χ3n) is 3.32. The van der Waals surface area contributed by atoms with Gasteiger partial charge in [-0.15, -0.1) is 0 Å². The van der Waals surface area contributed by atoms with Gasteiger partial charge in [0.1, 0.15) is 23.0 Å². The average molecular weight is 418 g/mol. The van der Waals surface area contributed by atoms with Crippen molar-refractivity contribution in [2.75, 3.05) is 6.54 Å². The van der Waals surface area contributed by atoms with E-state index < -0.39 is 24.1 Å². The topological polar surface area (TPSA) is 108 Å². The van der Waals surface area contributed by atoms with Crippen LogP contribution in [0.3, 0.4) is 0 Å². The molecule has 0 saturated heterocycles. The van der Waals surface area contributed by atoms with Gasteiger partial charge < -0.3 is 15.5 Å². The molecule has 12 heteroatoms. The van der Waals surface area contributed by atoms with E-state index in [-0.39, 0.29) is 0 Å². The van der Waals surface area contributed by atoms with E-state index in [2.05, 4.69) is 19.0 Å². The predicted octanol–water partition coefficient (Wildman–Crippen LogP) is 2.68. The highest BCUT2D eigenvalue weighted by Crippen LogP contribution is 2.14. The minimum atomic E-state index is -5.08. The lowest BCUT2D eigenvalue weighted by molar-refractivity contribution is -0.192. The number of rotatable bonds is 5. The van der Waals surface area contributed by atoms with Gasteiger partial charge in [-0.1, -0.05) is 6.07 Å². The Balaban J connectivity index is 0.000000345. The van der Waals surface area contributed by atoms with Crippen molar-refractivity contribution in [1.82, 2.24) is 19.0 Å². The van der Waals surface area contributed by atoms with Crippen LogP contribution in [-0.2, 0) is 11.3 Å². The lowest BCUT2D eigenvalue weighted by atomic mass is 10.2. The van der Waals surface area contributed by atoms with E-state index >= 15 is 0 Å². The van der Waals surface area contributed by atoms with Crippen LogP contribution < -0.4 is 5.32 Å². The number of alkyl halides is 3. The summed E-state index contributed by atoms with van der Waals surface area (Å²) in [7, 11) is 0. The zero-order chi connectivity index (χ0) is 20.7. The number of aliphatic hydroxyl groups excluding tert-OH is 1. The van der Waals surface area contributed by atoms with Crippen LogP contribution in [0.5, 0.6) is 0 Å². The van der Waals surface area contributed by atoms with Crippen molar-refractivity contribution in [2.24, 2.45) is 0 Å². The zero-order valence-corrected chi connectivity index (χ0v) is 14.8. The van der Waals surface area contributed by atoms with Gasteiger partial charge in [-0.05, 0) is 29.8 Å². The number of hydrogen-bond acceptors (Lipinski definition) is 7. The molecule has 7 nitrogen and oxygen atoms in total. The highest BCUT2D eigenvalue weighted by atomic mass is 32.1. The van der Waals surface area contributed by atoms with Crippen molar-refractivity contribution >= 4 is 28.7 Å². The Morgan fingerprint density at radius 1 is 1.18 bits per heavy atom. The van der Waals surface area contributed by atoms with Crippen LogP contribution >= 0.6 is 11.7 Å². The second-order valence-corrected chi connectivity index (χ2v) is 5.97. The number of nitrogens with zero attached hydrogens (tertiary/aromatic N) is 3. The van der Waals surface area contributed by atoms with E-state index in [0.717, 1.165) is 22.8 Å².